The predicted molar refractivity (Wildman–Crippen MR) is 66.8 cm³/mol. The van der Waals surface area contributed by atoms with Crippen LogP contribution in [0.4, 0.5) is 0 Å². The Kier molecular flexibility index (Phi) is 4.06. The Morgan fingerprint density at radius 2 is 2.00 bits per heavy atom. The molecule has 18 heavy (non-hydrogen) atoms. The number of ether oxygens (including phenoxy) is 1. The molecular weight excluding hydrogens is 361 g/mol. The Hall–Kier alpha value is -0.891. The van der Waals surface area contributed by atoms with Gasteiger partial charge in [0.25, 0.3) is 0 Å². The van der Waals surface area contributed by atoms with Crippen LogP contribution in [0.5, 0.6) is 0 Å². The van der Waals surface area contributed by atoms with Crippen LogP contribution in [0, 0.1) is 6.92 Å². The van der Waals surface area contributed by atoms with Gasteiger partial charge in [0, 0.05) is 0 Å². The van der Waals surface area contributed by atoms with E-state index < -0.39 is 31.9 Å². The number of aryl methyl sites for hydroxylation is 1. The molecule has 0 bridgehead atoms. The van der Waals surface area contributed by atoms with Gasteiger partial charge in [0.05, 0.1) is 0 Å². The first kappa shape index (κ1) is 13.5. The number of benzene rings is 1. The summed E-state index contributed by atoms with van der Waals surface area (Å²) in [5, 5.41) is 0. The van der Waals surface area contributed by atoms with Crippen molar-refractivity contribution in [1.82, 2.24) is 2.53 Å². The Labute approximate surface area is 118 Å². The third-order valence-corrected chi connectivity index (χ3v) is 8.09. The van der Waals surface area contributed by atoms with Gasteiger partial charge in [0.2, 0.25) is 0 Å². The van der Waals surface area contributed by atoms with Gasteiger partial charge in [0.1, 0.15) is 0 Å². The van der Waals surface area contributed by atoms with Crippen molar-refractivity contribution < 1.29 is 16.2 Å². The van der Waals surface area contributed by atoms with Crippen LogP contribution in [0.2, 0.25) is 0 Å². The van der Waals surface area contributed by atoms with Crippen LogP contribution in [0.1, 0.15) is 12.5 Å². The molecule has 0 saturated carbocycles. The molecule has 0 atom stereocenters. The molecule has 2 rings (SSSR count). The van der Waals surface area contributed by atoms with E-state index in [1.807, 2.05) is 13.8 Å². The Bertz CT molecular complexity index is 553. The van der Waals surface area contributed by atoms with Gasteiger partial charge in [-0.05, 0) is 0 Å². The van der Waals surface area contributed by atoms with E-state index in [4.69, 9.17) is 7.81 Å². The van der Waals surface area contributed by atoms with Crippen molar-refractivity contribution in [2.75, 3.05) is 6.61 Å². The molecule has 0 fully saturated rings. The second-order valence-electron chi connectivity index (χ2n) is 3.69. The second-order valence-corrected chi connectivity index (χ2v) is 8.91. The molecule has 5 nitrogen and oxygen atoms in total. The van der Waals surface area contributed by atoms with Crippen LogP contribution >= 0.6 is 0 Å². The fourth-order valence-electron chi connectivity index (χ4n) is 1.39. The molecule has 1 aliphatic rings. The predicted octanol–water partition coefficient (Wildman–Crippen LogP) is 1.39. The van der Waals surface area contributed by atoms with Crippen molar-refractivity contribution in [3.05, 3.63) is 42.0 Å². The third-order valence-electron chi connectivity index (χ3n) is 2.32. The normalized spacial score (nSPS) is 15.2. The van der Waals surface area contributed by atoms with Gasteiger partial charge in [0.15, 0.2) is 0 Å². The molecule has 96 valence electrons. The van der Waals surface area contributed by atoms with Crippen molar-refractivity contribution in [2.45, 2.75) is 18.7 Å². The van der Waals surface area contributed by atoms with E-state index in [1.165, 1.54) is 8.73 Å². The fourth-order valence-corrected chi connectivity index (χ4v) is 5.70. The first-order valence-electron chi connectivity index (χ1n) is 5.42. The van der Waals surface area contributed by atoms with Gasteiger partial charge in [-0.2, -0.15) is 0 Å². The van der Waals surface area contributed by atoms with Crippen LogP contribution in [0.15, 0.2) is 41.3 Å². The average Bonchev–Trinajstić information content (AvgIpc) is 2.79. The molecule has 1 aromatic rings. The molecule has 0 N–H and O–H groups in total. The molecule has 7 heteroatoms. The minimum atomic E-state index is -3.48. The van der Waals surface area contributed by atoms with Gasteiger partial charge in [-0.3, -0.25) is 0 Å². The van der Waals surface area contributed by atoms with Crippen molar-refractivity contribution in [3.63, 3.8) is 0 Å². The topological polar surface area (TPSA) is 55.8 Å². The van der Waals surface area contributed by atoms with Crippen molar-refractivity contribution in [2.24, 2.45) is 0 Å². The summed E-state index contributed by atoms with van der Waals surface area (Å²) in [6.07, 6.45) is 1.44. The van der Waals surface area contributed by atoms with E-state index in [9.17, 15) is 8.42 Å². The van der Waals surface area contributed by atoms with Crippen LogP contribution in [0.3, 0.4) is 0 Å². The molecule has 0 aromatic heterocycles. The third kappa shape index (κ3) is 2.74. The fraction of sp³-hybridized carbons (Fsp3) is 0.273. The monoisotopic (exact) mass is 375 g/mol. The number of nitrogens with zero attached hydrogens (tertiary/aromatic N) is 1. The van der Waals surface area contributed by atoms with Crippen molar-refractivity contribution in [3.8, 4) is 0 Å². The molecule has 0 amide bonds. The van der Waals surface area contributed by atoms with Gasteiger partial charge >= 0.3 is 118 Å². The molecule has 0 spiro atoms. The summed E-state index contributed by atoms with van der Waals surface area (Å²) in [6, 6.07) is 6.78. The summed E-state index contributed by atoms with van der Waals surface area (Å²) in [4.78, 5) is 0.284. The standard InChI is InChI=1S/C11H14NO4S.Sn/c1-3-16-11(13)8-12-17(14,15)10-6-4-9(2)5-7-10;/h4-8,13H,3H2,1-2H3;/q-1;+2/p-1. The van der Waals surface area contributed by atoms with E-state index in [0.29, 0.717) is 12.6 Å². The quantitative estimate of drug-likeness (QED) is 0.748. The SMILES string of the molecule is CCOC1=C[N](S(=O)(=O)c2ccc(C)cc2)[Sn][O]1. The van der Waals surface area contributed by atoms with Crippen LogP contribution in [0.25, 0.3) is 0 Å². The maximum absolute atomic E-state index is 12.3. The Balaban J connectivity index is 2.25. The molecule has 1 heterocycles. The zero-order valence-corrected chi connectivity index (χ0v) is 13.8. The second kappa shape index (κ2) is 5.39. The van der Waals surface area contributed by atoms with Crippen LogP contribution < -0.4 is 0 Å². The summed E-state index contributed by atoms with van der Waals surface area (Å²) >= 11 is -1.63. The van der Waals surface area contributed by atoms with Gasteiger partial charge in [-0.1, -0.05) is 0 Å². The first-order valence-corrected chi connectivity index (χ1v) is 9.30. The van der Waals surface area contributed by atoms with Crippen molar-refractivity contribution >= 4 is 31.9 Å². The van der Waals surface area contributed by atoms with Gasteiger partial charge in [-0.25, -0.2) is 0 Å². The molecular formula is C11H13NO4SSn. The van der Waals surface area contributed by atoms with E-state index >= 15 is 0 Å². The molecule has 1 aromatic carbocycles. The Morgan fingerprint density at radius 1 is 1.33 bits per heavy atom. The molecule has 0 unspecified atom stereocenters. The average molecular weight is 374 g/mol. The van der Waals surface area contributed by atoms with E-state index in [2.05, 4.69) is 0 Å². The number of rotatable bonds is 4. The summed E-state index contributed by atoms with van der Waals surface area (Å²) in [5.41, 5.74) is 1.03. The molecule has 0 saturated heterocycles. The van der Waals surface area contributed by atoms with E-state index in [1.54, 1.807) is 24.3 Å². The first-order chi connectivity index (χ1) is 8.54. The zero-order chi connectivity index (χ0) is 13.2. The maximum atomic E-state index is 12.3. The summed E-state index contributed by atoms with van der Waals surface area (Å²) < 4.78 is 36.3. The molecule has 0 aliphatic carbocycles. The van der Waals surface area contributed by atoms with E-state index in [-0.39, 0.29) is 4.90 Å². The Morgan fingerprint density at radius 3 is 2.61 bits per heavy atom. The molecule has 1 aliphatic heterocycles. The van der Waals surface area contributed by atoms with E-state index in [0.717, 1.165) is 5.56 Å². The summed E-state index contributed by atoms with van der Waals surface area (Å²) in [5.74, 6) is 0.305. The zero-order valence-electron chi connectivity index (χ0n) is 10.1. The summed E-state index contributed by atoms with van der Waals surface area (Å²) in [7, 11) is -3.48. The van der Waals surface area contributed by atoms with Crippen molar-refractivity contribution in [1.29, 1.82) is 0 Å². The number of sulfonamides is 1. The molecule has 2 radical (unpaired) electrons. The summed E-state index contributed by atoms with van der Waals surface area (Å²) in [6.45, 7) is 4.20. The van der Waals surface area contributed by atoms with Crippen LogP contribution in [-0.4, -0.2) is 39.4 Å². The number of hydrogen-bond acceptors (Lipinski definition) is 4. The van der Waals surface area contributed by atoms with Crippen LogP contribution in [-0.2, 0) is 17.8 Å². The van der Waals surface area contributed by atoms with Gasteiger partial charge < -0.3 is 0 Å². The van der Waals surface area contributed by atoms with Gasteiger partial charge in [-0.15, -0.1) is 0 Å². The number of hydrogen-bond donors (Lipinski definition) is 0. The minimum absolute atomic E-state index is 0.284.